The maximum Gasteiger partial charge on any atom is 0.270 e. The molecule has 1 aliphatic heterocycles. The van der Waals surface area contributed by atoms with Gasteiger partial charge in [-0.05, 0) is 24.8 Å². The topological polar surface area (TPSA) is 118 Å². The Balaban J connectivity index is 2.10. The van der Waals surface area contributed by atoms with Crippen LogP contribution in [-0.4, -0.2) is 63.6 Å². The molecule has 1 amide bonds. The van der Waals surface area contributed by atoms with E-state index in [-0.39, 0.29) is 35.7 Å². The molecule has 0 aromatic carbocycles. The molecule has 1 aliphatic rings. The lowest BCUT2D eigenvalue weighted by atomic mass is 9.92. The summed E-state index contributed by atoms with van der Waals surface area (Å²) in [6.07, 6.45) is 3.12. The first-order valence-electron chi connectivity index (χ1n) is 8.07. The van der Waals surface area contributed by atoms with Crippen molar-refractivity contribution < 1.29 is 17.9 Å². The third kappa shape index (κ3) is 4.35. The van der Waals surface area contributed by atoms with Crippen LogP contribution in [0.3, 0.4) is 0 Å². The fourth-order valence-electron chi connectivity index (χ4n) is 2.91. The second kappa shape index (κ2) is 8.11. The number of carbonyl (C=O) groups is 1. The molecule has 0 aliphatic carbocycles. The third-order valence-electron chi connectivity index (χ3n) is 4.31. The number of H-pyrrole nitrogens is 1. The summed E-state index contributed by atoms with van der Waals surface area (Å²) in [7, 11) is -2.17. The molecule has 1 saturated heterocycles. The van der Waals surface area contributed by atoms with Crippen molar-refractivity contribution in [2.45, 2.75) is 30.7 Å². The molecular weight excluding hydrogens is 332 g/mol. The number of nitrogens with two attached hydrogens (primary N) is 1. The van der Waals surface area contributed by atoms with Gasteiger partial charge in [0, 0.05) is 39.0 Å². The largest absolute Gasteiger partial charge is 0.383 e. The zero-order valence-corrected chi connectivity index (χ0v) is 14.9. The number of amides is 1. The molecule has 136 valence electrons. The molecule has 4 N–H and O–H groups in total. The zero-order chi connectivity index (χ0) is 17.7. The van der Waals surface area contributed by atoms with Gasteiger partial charge in [-0.1, -0.05) is 6.92 Å². The average Bonchev–Trinajstić information content (AvgIpc) is 3.05. The van der Waals surface area contributed by atoms with Crippen molar-refractivity contribution in [2.24, 2.45) is 11.7 Å². The molecule has 2 unspecified atom stereocenters. The molecule has 1 fully saturated rings. The predicted octanol–water partition coefficient (Wildman–Crippen LogP) is 0.139. The van der Waals surface area contributed by atoms with Gasteiger partial charge in [-0.15, -0.1) is 0 Å². The number of nitrogens with zero attached hydrogens (tertiary/aromatic N) is 1. The number of hydrogen-bond donors (Lipinski definition) is 3. The number of sulfonamides is 1. The minimum atomic E-state index is -3.66. The van der Waals surface area contributed by atoms with Crippen molar-refractivity contribution >= 4 is 15.9 Å². The summed E-state index contributed by atoms with van der Waals surface area (Å²) in [6, 6.07) is 1.35. The first-order valence-corrected chi connectivity index (χ1v) is 9.55. The quantitative estimate of drug-likeness (QED) is 0.599. The van der Waals surface area contributed by atoms with E-state index in [1.54, 1.807) is 4.90 Å². The van der Waals surface area contributed by atoms with E-state index in [1.807, 2.05) is 0 Å². The molecule has 2 heterocycles. The molecule has 8 nitrogen and oxygen atoms in total. The molecule has 24 heavy (non-hydrogen) atoms. The number of likely N-dealkylation sites (tertiary alicyclic amines) is 1. The number of rotatable bonds is 7. The van der Waals surface area contributed by atoms with Crippen LogP contribution >= 0.6 is 0 Å². The van der Waals surface area contributed by atoms with E-state index in [2.05, 4.69) is 16.6 Å². The van der Waals surface area contributed by atoms with Gasteiger partial charge in [-0.3, -0.25) is 4.79 Å². The summed E-state index contributed by atoms with van der Waals surface area (Å²) in [5.41, 5.74) is 6.05. The highest BCUT2D eigenvalue weighted by atomic mass is 32.2. The smallest absolute Gasteiger partial charge is 0.270 e. The zero-order valence-electron chi connectivity index (χ0n) is 14.1. The summed E-state index contributed by atoms with van der Waals surface area (Å²) in [6.45, 7) is 3.64. The fourth-order valence-corrected chi connectivity index (χ4v) is 3.92. The number of aromatic nitrogens is 1. The van der Waals surface area contributed by atoms with Crippen molar-refractivity contribution in [3.8, 4) is 0 Å². The third-order valence-corrected chi connectivity index (χ3v) is 5.75. The highest BCUT2D eigenvalue weighted by molar-refractivity contribution is 7.89. The molecule has 9 heteroatoms. The minimum Gasteiger partial charge on any atom is -0.383 e. The van der Waals surface area contributed by atoms with Gasteiger partial charge in [0.05, 0.1) is 6.61 Å². The lowest BCUT2D eigenvalue weighted by Crippen LogP contribution is -2.49. The number of nitrogens with one attached hydrogen (secondary N) is 2. The van der Waals surface area contributed by atoms with E-state index in [0.717, 1.165) is 12.8 Å². The Hall–Kier alpha value is -1.42. The Labute approximate surface area is 142 Å². The van der Waals surface area contributed by atoms with Crippen molar-refractivity contribution in [2.75, 3.05) is 33.4 Å². The molecule has 1 aromatic rings. The molecule has 2 rings (SSSR count). The van der Waals surface area contributed by atoms with Gasteiger partial charge in [0.1, 0.15) is 10.6 Å². The Morgan fingerprint density at radius 1 is 1.54 bits per heavy atom. The lowest BCUT2D eigenvalue weighted by Gasteiger charge is -2.37. The molecule has 2 atom stereocenters. The maximum atomic E-state index is 12.7. The minimum absolute atomic E-state index is 0.00978. The summed E-state index contributed by atoms with van der Waals surface area (Å²) < 4.78 is 31.5. The van der Waals surface area contributed by atoms with Crippen LogP contribution in [0.2, 0.25) is 0 Å². The van der Waals surface area contributed by atoms with Gasteiger partial charge >= 0.3 is 0 Å². The van der Waals surface area contributed by atoms with Crippen molar-refractivity contribution in [3.05, 3.63) is 18.0 Å². The molecule has 0 spiro atoms. The summed E-state index contributed by atoms with van der Waals surface area (Å²) >= 11 is 0. The monoisotopic (exact) mass is 358 g/mol. The first kappa shape index (κ1) is 18.9. The molecule has 0 saturated carbocycles. The van der Waals surface area contributed by atoms with Gasteiger partial charge in [-0.2, -0.15) is 0 Å². The normalized spacial score (nSPS) is 21.9. The Morgan fingerprint density at radius 3 is 2.96 bits per heavy atom. The highest BCUT2D eigenvalue weighted by Crippen LogP contribution is 2.24. The van der Waals surface area contributed by atoms with Gasteiger partial charge in [-0.25, -0.2) is 13.1 Å². The van der Waals surface area contributed by atoms with E-state index in [4.69, 9.17) is 10.5 Å². The van der Waals surface area contributed by atoms with E-state index >= 15 is 0 Å². The van der Waals surface area contributed by atoms with Crippen LogP contribution in [0, 0.1) is 5.92 Å². The van der Waals surface area contributed by atoms with Gasteiger partial charge in [0.2, 0.25) is 10.0 Å². The standard InChI is InChI=1S/C15H26N4O4S/c1-11-3-5-19(12(7-11)9-16)15(20)14-8-13(10-17-14)24(21,22)18-4-6-23-2/h8,10-12,17-18H,3-7,9,16H2,1-2H3. The molecule has 1 aromatic heterocycles. The Morgan fingerprint density at radius 2 is 2.29 bits per heavy atom. The predicted molar refractivity (Wildman–Crippen MR) is 90.1 cm³/mol. The fraction of sp³-hybridized carbons (Fsp3) is 0.667. The number of methoxy groups -OCH3 is 1. The first-order chi connectivity index (χ1) is 11.4. The second-order valence-corrected chi connectivity index (χ2v) is 7.92. The second-order valence-electron chi connectivity index (χ2n) is 6.16. The van der Waals surface area contributed by atoms with Crippen LogP contribution in [0.15, 0.2) is 17.2 Å². The number of aromatic amines is 1. The van der Waals surface area contributed by atoms with Crippen LogP contribution in [0.1, 0.15) is 30.3 Å². The summed E-state index contributed by atoms with van der Waals surface area (Å²) in [5.74, 6) is 0.322. The SMILES string of the molecule is COCCNS(=O)(=O)c1c[nH]c(C(=O)N2CCC(C)CC2CN)c1. The van der Waals surface area contributed by atoms with E-state index in [0.29, 0.717) is 19.0 Å². The van der Waals surface area contributed by atoms with Crippen LogP contribution in [0.5, 0.6) is 0 Å². The van der Waals surface area contributed by atoms with E-state index in [1.165, 1.54) is 19.4 Å². The highest BCUT2D eigenvalue weighted by Gasteiger charge is 2.30. The van der Waals surface area contributed by atoms with Crippen LogP contribution in [0.4, 0.5) is 0 Å². The van der Waals surface area contributed by atoms with Gasteiger partial charge in [0.25, 0.3) is 5.91 Å². The number of carbonyl (C=O) groups excluding carboxylic acids is 1. The number of piperidine rings is 1. The van der Waals surface area contributed by atoms with Crippen LogP contribution in [-0.2, 0) is 14.8 Å². The maximum absolute atomic E-state index is 12.7. The average molecular weight is 358 g/mol. The summed E-state index contributed by atoms with van der Waals surface area (Å²) in [4.78, 5) is 17.2. The van der Waals surface area contributed by atoms with E-state index in [9.17, 15) is 13.2 Å². The molecule has 0 bridgehead atoms. The van der Waals surface area contributed by atoms with E-state index < -0.39 is 10.0 Å². The summed E-state index contributed by atoms with van der Waals surface area (Å²) in [5, 5.41) is 0. The Bertz CT molecular complexity index is 658. The molecule has 0 radical (unpaired) electrons. The Kier molecular flexibility index (Phi) is 6.39. The van der Waals surface area contributed by atoms with Crippen molar-refractivity contribution in [3.63, 3.8) is 0 Å². The van der Waals surface area contributed by atoms with Gasteiger partial charge < -0.3 is 20.4 Å². The van der Waals surface area contributed by atoms with Crippen LogP contribution < -0.4 is 10.5 Å². The number of ether oxygens (including phenoxy) is 1. The lowest BCUT2D eigenvalue weighted by molar-refractivity contribution is 0.0568. The van der Waals surface area contributed by atoms with Crippen LogP contribution in [0.25, 0.3) is 0 Å². The molecular formula is C15H26N4O4S. The van der Waals surface area contributed by atoms with Crippen molar-refractivity contribution in [1.29, 1.82) is 0 Å². The van der Waals surface area contributed by atoms with Crippen molar-refractivity contribution in [1.82, 2.24) is 14.6 Å². The van der Waals surface area contributed by atoms with Gasteiger partial charge in [0.15, 0.2) is 0 Å². The number of hydrogen-bond acceptors (Lipinski definition) is 5.